The lowest BCUT2D eigenvalue weighted by Gasteiger charge is -2.07. The predicted octanol–water partition coefficient (Wildman–Crippen LogP) is 5.24. The van der Waals surface area contributed by atoms with Gasteiger partial charge >= 0.3 is 0 Å². The molecular weight excluding hydrogens is 242 g/mol. The van der Waals surface area contributed by atoms with Gasteiger partial charge in [-0.25, -0.2) is 0 Å². The molecule has 0 aliphatic rings. The zero-order valence-electron chi connectivity index (χ0n) is 11.8. The Morgan fingerprint density at radius 2 is 1.70 bits per heavy atom. The second-order valence-electron chi connectivity index (χ2n) is 5.18. The van der Waals surface area contributed by atoms with Gasteiger partial charge in [-0.05, 0) is 30.0 Å². The highest BCUT2D eigenvalue weighted by Crippen LogP contribution is 2.27. The lowest BCUT2D eigenvalue weighted by atomic mass is 9.99. The summed E-state index contributed by atoms with van der Waals surface area (Å²) in [7, 11) is 0. The molecule has 1 nitrogen and oxygen atoms in total. The number of aromatic nitrogens is 1. The number of unbranched alkanes of at least 4 members (excludes halogenated alkanes) is 1. The highest BCUT2D eigenvalue weighted by Gasteiger charge is 2.04. The van der Waals surface area contributed by atoms with Crippen LogP contribution in [0.25, 0.3) is 22.0 Å². The van der Waals surface area contributed by atoms with Crippen molar-refractivity contribution in [2.45, 2.75) is 26.2 Å². The smallest absolute Gasteiger partial charge is 0.0780 e. The fourth-order valence-electron chi connectivity index (χ4n) is 2.57. The highest BCUT2D eigenvalue weighted by molar-refractivity contribution is 5.93. The lowest BCUT2D eigenvalue weighted by molar-refractivity contribution is 0.795. The van der Waals surface area contributed by atoms with Gasteiger partial charge < -0.3 is 0 Å². The van der Waals surface area contributed by atoms with Crippen molar-refractivity contribution in [3.8, 4) is 11.1 Å². The van der Waals surface area contributed by atoms with Gasteiger partial charge in [-0.2, -0.15) is 0 Å². The van der Waals surface area contributed by atoms with Crippen LogP contribution in [0, 0.1) is 0 Å². The van der Waals surface area contributed by atoms with Crippen molar-refractivity contribution in [2.24, 2.45) is 0 Å². The Morgan fingerprint density at radius 3 is 2.50 bits per heavy atom. The molecule has 3 aromatic rings. The van der Waals surface area contributed by atoms with Crippen molar-refractivity contribution < 1.29 is 0 Å². The van der Waals surface area contributed by atoms with Gasteiger partial charge in [0, 0.05) is 17.1 Å². The molecule has 100 valence electrons. The molecule has 0 spiro atoms. The highest BCUT2D eigenvalue weighted by atomic mass is 14.6. The Morgan fingerprint density at radius 1 is 0.900 bits per heavy atom. The van der Waals surface area contributed by atoms with Gasteiger partial charge in [-0.15, -0.1) is 0 Å². The fourth-order valence-corrected chi connectivity index (χ4v) is 2.57. The van der Waals surface area contributed by atoms with Crippen molar-refractivity contribution in [3.63, 3.8) is 0 Å². The molecule has 0 fully saturated rings. The monoisotopic (exact) mass is 261 g/mol. The van der Waals surface area contributed by atoms with Crippen LogP contribution >= 0.6 is 0 Å². The molecule has 0 saturated heterocycles. The molecule has 1 heteroatoms. The van der Waals surface area contributed by atoms with Gasteiger partial charge in [0.15, 0.2) is 0 Å². The van der Waals surface area contributed by atoms with Crippen LogP contribution in [0.15, 0.2) is 60.8 Å². The minimum Gasteiger partial charge on any atom is -0.256 e. The van der Waals surface area contributed by atoms with Crippen LogP contribution in [0.3, 0.4) is 0 Å². The third-order valence-electron chi connectivity index (χ3n) is 3.72. The SMILES string of the molecule is CCCCc1ccc(-c2cccc3cccnc23)cc1. The van der Waals surface area contributed by atoms with Crippen molar-refractivity contribution in [2.75, 3.05) is 0 Å². The van der Waals surface area contributed by atoms with Crippen molar-refractivity contribution >= 4 is 10.9 Å². The van der Waals surface area contributed by atoms with Crippen LogP contribution in [0.2, 0.25) is 0 Å². The second kappa shape index (κ2) is 5.87. The van der Waals surface area contributed by atoms with Crippen LogP contribution in [0.4, 0.5) is 0 Å². The quantitative estimate of drug-likeness (QED) is 0.625. The Kier molecular flexibility index (Phi) is 3.78. The summed E-state index contributed by atoms with van der Waals surface area (Å²) in [6.45, 7) is 2.23. The molecule has 20 heavy (non-hydrogen) atoms. The maximum Gasteiger partial charge on any atom is 0.0780 e. The molecule has 2 aromatic carbocycles. The first-order valence-electron chi connectivity index (χ1n) is 7.31. The van der Waals surface area contributed by atoms with Gasteiger partial charge in [0.1, 0.15) is 0 Å². The summed E-state index contributed by atoms with van der Waals surface area (Å²) in [4.78, 5) is 4.53. The number of benzene rings is 2. The van der Waals surface area contributed by atoms with E-state index in [4.69, 9.17) is 0 Å². The minimum atomic E-state index is 1.08. The lowest BCUT2D eigenvalue weighted by Crippen LogP contribution is -1.87. The molecule has 0 saturated carbocycles. The standard InChI is InChI=1S/C19H19N/c1-2-3-6-15-10-12-16(13-11-15)18-9-4-7-17-8-5-14-20-19(17)18/h4-5,7-14H,2-3,6H2,1H3. The Balaban J connectivity index is 1.98. The van der Waals surface area contributed by atoms with Gasteiger partial charge in [0.05, 0.1) is 5.52 Å². The van der Waals surface area contributed by atoms with E-state index in [9.17, 15) is 0 Å². The van der Waals surface area contributed by atoms with E-state index in [0.29, 0.717) is 0 Å². The number of nitrogens with zero attached hydrogens (tertiary/aromatic N) is 1. The van der Waals surface area contributed by atoms with Crippen molar-refractivity contribution in [1.29, 1.82) is 0 Å². The molecule has 0 aliphatic heterocycles. The number of para-hydroxylation sites is 1. The molecule has 0 atom stereocenters. The molecule has 0 radical (unpaired) electrons. The number of rotatable bonds is 4. The van der Waals surface area contributed by atoms with Gasteiger partial charge in [0.2, 0.25) is 0 Å². The average molecular weight is 261 g/mol. The van der Waals surface area contributed by atoms with E-state index >= 15 is 0 Å². The molecule has 3 rings (SSSR count). The summed E-state index contributed by atoms with van der Waals surface area (Å²) in [5, 5.41) is 1.19. The summed E-state index contributed by atoms with van der Waals surface area (Å²) in [5.74, 6) is 0. The first-order valence-corrected chi connectivity index (χ1v) is 7.31. The van der Waals surface area contributed by atoms with Crippen LogP contribution in [-0.2, 0) is 6.42 Å². The maximum atomic E-state index is 4.53. The maximum absolute atomic E-state index is 4.53. The van der Waals surface area contributed by atoms with Crippen molar-refractivity contribution in [3.05, 3.63) is 66.4 Å². The largest absolute Gasteiger partial charge is 0.256 e. The van der Waals surface area contributed by atoms with E-state index in [0.717, 1.165) is 5.52 Å². The number of fused-ring (bicyclic) bond motifs is 1. The fraction of sp³-hybridized carbons (Fsp3) is 0.211. The molecular formula is C19H19N. The Bertz CT molecular complexity index is 693. The van der Waals surface area contributed by atoms with Gasteiger partial charge in [0.25, 0.3) is 0 Å². The minimum absolute atomic E-state index is 1.08. The number of aryl methyl sites for hydroxylation is 1. The number of hydrogen-bond acceptors (Lipinski definition) is 1. The average Bonchev–Trinajstić information content (AvgIpc) is 2.53. The summed E-state index contributed by atoms with van der Waals surface area (Å²) in [6.07, 6.45) is 5.54. The summed E-state index contributed by atoms with van der Waals surface area (Å²) in [5.41, 5.74) is 4.96. The van der Waals surface area contributed by atoms with Crippen LogP contribution in [-0.4, -0.2) is 4.98 Å². The summed E-state index contributed by atoms with van der Waals surface area (Å²) in [6, 6.07) is 19.4. The topological polar surface area (TPSA) is 12.9 Å². The normalized spacial score (nSPS) is 10.8. The van der Waals surface area contributed by atoms with E-state index in [-0.39, 0.29) is 0 Å². The zero-order valence-corrected chi connectivity index (χ0v) is 11.8. The van der Waals surface area contributed by atoms with E-state index < -0.39 is 0 Å². The second-order valence-corrected chi connectivity index (χ2v) is 5.18. The Hall–Kier alpha value is -2.15. The third kappa shape index (κ3) is 2.57. The van der Waals surface area contributed by atoms with Gasteiger partial charge in [-0.1, -0.05) is 61.9 Å². The molecule has 0 bridgehead atoms. The molecule has 1 aromatic heterocycles. The summed E-state index contributed by atoms with van der Waals surface area (Å²) < 4.78 is 0. The summed E-state index contributed by atoms with van der Waals surface area (Å²) >= 11 is 0. The molecule has 1 heterocycles. The molecule has 0 N–H and O–H groups in total. The predicted molar refractivity (Wildman–Crippen MR) is 85.8 cm³/mol. The van der Waals surface area contributed by atoms with E-state index in [1.807, 2.05) is 12.3 Å². The van der Waals surface area contributed by atoms with Crippen LogP contribution < -0.4 is 0 Å². The number of hydrogen-bond donors (Lipinski definition) is 0. The van der Waals surface area contributed by atoms with E-state index in [1.54, 1.807) is 0 Å². The molecule has 0 unspecified atom stereocenters. The first kappa shape index (κ1) is 12.9. The van der Waals surface area contributed by atoms with E-state index in [1.165, 1.54) is 41.3 Å². The molecule has 0 amide bonds. The first-order chi connectivity index (χ1) is 9.88. The van der Waals surface area contributed by atoms with Crippen LogP contribution in [0.1, 0.15) is 25.3 Å². The van der Waals surface area contributed by atoms with E-state index in [2.05, 4.69) is 60.4 Å². The number of pyridine rings is 1. The van der Waals surface area contributed by atoms with Crippen LogP contribution in [0.5, 0.6) is 0 Å². The Labute approximate surface area is 120 Å². The van der Waals surface area contributed by atoms with Gasteiger partial charge in [-0.3, -0.25) is 4.98 Å². The molecule has 0 aliphatic carbocycles. The van der Waals surface area contributed by atoms with Crippen molar-refractivity contribution in [1.82, 2.24) is 4.98 Å². The third-order valence-corrected chi connectivity index (χ3v) is 3.72. The zero-order chi connectivity index (χ0) is 13.8.